The van der Waals surface area contributed by atoms with Gasteiger partial charge in [-0.15, -0.1) is 0 Å². The van der Waals surface area contributed by atoms with Crippen LogP contribution in [0.2, 0.25) is 0 Å². The second-order valence-corrected chi connectivity index (χ2v) is 7.77. The van der Waals surface area contributed by atoms with Crippen molar-refractivity contribution < 1.29 is 9.09 Å². The number of rotatable bonds is 4. The summed E-state index contributed by atoms with van der Waals surface area (Å²) in [5.41, 5.74) is 0. The van der Waals surface area contributed by atoms with E-state index in [0.717, 1.165) is 18.7 Å². The van der Waals surface area contributed by atoms with E-state index < -0.39 is 7.37 Å². The third-order valence-corrected chi connectivity index (χ3v) is 6.04. The first-order valence-corrected chi connectivity index (χ1v) is 7.65. The molecule has 0 saturated carbocycles. The Balaban J connectivity index is 2.34. The van der Waals surface area contributed by atoms with Crippen LogP contribution in [0.25, 0.3) is 0 Å². The molecule has 0 aromatic carbocycles. The van der Waals surface area contributed by atoms with E-state index >= 15 is 0 Å². The van der Waals surface area contributed by atoms with Crippen LogP contribution in [0.1, 0.15) is 34.1 Å². The Kier molecular flexibility index (Phi) is 4.21. The molecule has 0 aromatic rings. The van der Waals surface area contributed by atoms with Crippen LogP contribution in [0.4, 0.5) is 0 Å². The van der Waals surface area contributed by atoms with Gasteiger partial charge in [0.2, 0.25) is 7.37 Å². The molecule has 1 aliphatic heterocycles. The summed E-state index contributed by atoms with van der Waals surface area (Å²) in [5.74, 6) is 1.78. The highest BCUT2D eigenvalue weighted by Crippen LogP contribution is 2.57. The summed E-state index contributed by atoms with van der Waals surface area (Å²) >= 11 is 0. The van der Waals surface area contributed by atoms with Crippen molar-refractivity contribution in [2.75, 3.05) is 18.9 Å². The average Bonchev–Trinajstić information content (AvgIpc) is 2.25. The molecule has 0 spiro atoms. The van der Waals surface area contributed by atoms with Crippen LogP contribution in [-0.4, -0.2) is 18.9 Å². The van der Waals surface area contributed by atoms with Gasteiger partial charge in [0.25, 0.3) is 0 Å². The first-order chi connectivity index (χ1) is 6.43. The lowest BCUT2D eigenvalue weighted by atomic mass is 10.0. The summed E-state index contributed by atoms with van der Waals surface area (Å²) < 4.78 is 17.8. The molecule has 1 saturated heterocycles. The molecule has 0 aliphatic carbocycles. The lowest BCUT2D eigenvalue weighted by Gasteiger charge is -2.13. The molecule has 14 heavy (non-hydrogen) atoms. The molecule has 2 nitrogen and oxygen atoms in total. The van der Waals surface area contributed by atoms with E-state index in [1.54, 1.807) is 0 Å². The van der Waals surface area contributed by atoms with Crippen LogP contribution in [-0.2, 0) is 9.09 Å². The Morgan fingerprint density at radius 3 is 2.21 bits per heavy atom. The minimum atomic E-state index is -2.24. The molecule has 0 radical (unpaired) electrons. The van der Waals surface area contributed by atoms with E-state index in [1.807, 2.05) is 0 Å². The molecule has 3 heteroatoms. The minimum Gasteiger partial charge on any atom is -0.328 e. The van der Waals surface area contributed by atoms with Gasteiger partial charge in [0, 0.05) is 12.3 Å². The van der Waals surface area contributed by atoms with Crippen LogP contribution in [0.5, 0.6) is 0 Å². The average molecular weight is 218 g/mol. The summed E-state index contributed by atoms with van der Waals surface area (Å²) in [6.07, 6.45) is 2.62. The normalized spacial score (nSPS) is 38.1. The molecule has 1 unspecified atom stereocenters. The topological polar surface area (TPSA) is 26.3 Å². The predicted octanol–water partition coefficient (Wildman–Crippen LogP) is 3.61. The van der Waals surface area contributed by atoms with Crippen molar-refractivity contribution in [1.29, 1.82) is 0 Å². The molecule has 1 fully saturated rings. The predicted molar refractivity (Wildman–Crippen MR) is 61.1 cm³/mol. The van der Waals surface area contributed by atoms with Crippen molar-refractivity contribution in [1.82, 2.24) is 0 Å². The van der Waals surface area contributed by atoms with Crippen LogP contribution in [0.15, 0.2) is 0 Å². The smallest absolute Gasteiger partial charge is 0.203 e. The van der Waals surface area contributed by atoms with Crippen LogP contribution < -0.4 is 0 Å². The Labute approximate surface area is 87.9 Å². The molecule has 1 heterocycles. The minimum absolute atomic E-state index is 0.569. The van der Waals surface area contributed by atoms with Crippen LogP contribution >= 0.6 is 7.37 Å². The van der Waals surface area contributed by atoms with Crippen molar-refractivity contribution in [3.8, 4) is 0 Å². The lowest BCUT2D eigenvalue weighted by Crippen LogP contribution is -2.01. The molecular formula is C11H23O2P. The standard InChI is InChI=1S/C11H23O2P/c1-9(2)5-6-13-14(12)7-10(3)11(4)8-14/h9-11H,5-8H2,1-4H3/t10-,11+,14?. The Bertz CT molecular complexity index is 211. The summed E-state index contributed by atoms with van der Waals surface area (Å²) in [7, 11) is -2.24. The zero-order valence-corrected chi connectivity index (χ0v) is 10.7. The highest BCUT2D eigenvalue weighted by Gasteiger charge is 2.37. The van der Waals surface area contributed by atoms with Crippen molar-refractivity contribution in [2.45, 2.75) is 34.1 Å². The monoisotopic (exact) mass is 218 g/mol. The Hall–Kier alpha value is 0.190. The summed E-state index contributed by atoms with van der Waals surface area (Å²) in [5, 5.41) is 0. The fraction of sp³-hybridized carbons (Fsp3) is 1.00. The van der Waals surface area contributed by atoms with Gasteiger partial charge in [-0.3, -0.25) is 4.57 Å². The Morgan fingerprint density at radius 2 is 1.79 bits per heavy atom. The second kappa shape index (κ2) is 4.81. The summed E-state index contributed by atoms with van der Waals surface area (Å²) in [6, 6.07) is 0. The fourth-order valence-electron chi connectivity index (χ4n) is 1.87. The number of hydrogen-bond donors (Lipinski definition) is 0. The van der Waals surface area contributed by atoms with Gasteiger partial charge in [0.05, 0.1) is 6.61 Å². The van der Waals surface area contributed by atoms with Gasteiger partial charge >= 0.3 is 0 Å². The highest BCUT2D eigenvalue weighted by molar-refractivity contribution is 7.59. The third kappa shape index (κ3) is 3.40. The van der Waals surface area contributed by atoms with Gasteiger partial charge < -0.3 is 4.52 Å². The quantitative estimate of drug-likeness (QED) is 0.674. The first kappa shape index (κ1) is 12.3. The largest absolute Gasteiger partial charge is 0.328 e. The van der Waals surface area contributed by atoms with Crippen molar-refractivity contribution in [3.63, 3.8) is 0 Å². The molecule has 0 N–H and O–H groups in total. The first-order valence-electron chi connectivity index (χ1n) is 5.65. The maximum atomic E-state index is 12.2. The maximum Gasteiger partial charge on any atom is 0.203 e. The fourth-order valence-corrected chi connectivity index (χ4v) is 5.15. The number of hydrogen-bond acceptors (Lipinski definition) is 2. The Morgan fingerprint density at radius 1 is 1.29 bits per heavy atom. The third-order valence-electron chi connectivity index (χ3n) is 3.13. The van der Waals surface area contributed by atoms with Crippen molar-refractivity contribution >= 4 is 7.37 Å². The van der Waals surface area contributed by atoms with Gasteiger partial charge in [0.1, 0.15) is 0 Å². The van der Waals surface area contributed by atoms with E-state index in [0.29, 0.717) is 24.4 Å². The van der Waals surface area contributed by atoms with Gasteiger partial charge in [-0.25, -0.2) is 0 Å². The van der Waals surface area contributed by atoms with Gasteiger partial charge in [-0.1, -0.05) is 27.7 Å². The molecule has 0 bridgehead atoms. The second-order valence-electron chi connectivity index (χ2n) is 5.15. The van der Waals surface area contributed by atoms with Crippen LogP contribution in [0, 0.1) is 17.8 Å². The van der Waals surface area contributed by atoms with Gasteiger partial charge in [-0.2, -0.15) is 0 Å². The SMILES string of the molecule is CC(C)CCOP1(=O)C[C@@H](C)[C@@H](C)C1. The molecule has 0 aromatic heterocycles. The maximum absolute atomic E-state index is 12.2. The lowest BCUT2D eigenvalue weighted by molar-refractivity contribution is 0.290. The molecule has 84 valence electrons. The molecule has 3 atom stereocenters. The molecule has 0 amide bonds. The van der Waals surface area contributed by atoms with E-state index in [1.165, 1.54) is 0 Å². The van der Waals surface area contributed by atoms with Gasteiger partial charge in [-0.05, 0) is 24.2 Å². The van der Waals surface area contributed by atoms with E-state index in [4.69, 9.17) is 4.52 Å². The molecule has 1 rings (SSSR count). The van der Waals surface area contributed by atoms with Gasteiger partial charge in [0.15, 0.2) is 0 Å². The molecular weight excluding hydrogens is 195 g/mol. The summed E-state index contributed by atoms with van der Waals surface area (Å²) in [4.78, 5) is 0. The van der Waals surface area contributed by atoms with E-state index in [2.05, 4.69) is 27.7 Å². The molecule has 1 aliphatic rings. The zero-order valence-electron chi connectivity index (χ0n) is 9.82. The van der Waals surface area contributed by atoms with E-state index in [9.17, 15) is 4.57 Å². The zero-order chi connectivity index (χ0) is 10.8. The van der Waals surface area contributed by atoms with Crippen molar-refractivity contribution in [2.24, 2.45) is 17.8 Å². The van der Waals surface area contributed by atoms with E-state index in [-0.39, 0.29) is 0 Å². The van der Waals surface area contributed by atoms with Crippen LogP contribution in [0.3, 0.4) is 0 Å². The highest BCUT2D eigenvalue weighted by atomic mass is 31.2. The summed E-state index contributed by atoms with van der Waals surface area (Å²) in [6.45, 7) is 9.36. The van der Waals surface area contributed by atoms with Crippen molar-refractivity contribution in [3.05, 3.63) is 0 Å².